The number of hydrogen-bond donors (Lipinski definition) is 1. The van der Waals surface area contributed by atoms with Gasteiger partial charge in [0.25, 0.3) is 0 Å². The van der Waals surface area contributed by atoms with E-state index < -0.39 is 4.92 Å². The van der Waals surface area contributed by atoms with Crippen molar-refractivity contribution < 1.29 is 4.92 Å². The first-order valence-electron chi connectivity index (χ1n) is 3.75. The fraction of sp³-hybridized carbons (Fsp3) is 0.250. The van der Waals surface area contributed by atoms with E-state index in [-0.39, 0.29) is 11.0 Å². The van der Waals surface area contributed by atoms with Gasteiger partial charge in [-0.2, -0.15) is 0 Å². The fourth-order valence-electron chi connectivity index (χ4n) is 0.935. The van der Waals surface area contributed by atoms with Crippen molar-refractivity contribution in [1.82, 2.24) is 0 Å². The smallest absolute Gasteiger partial charge is 0.323 e. The Morgan fingerprint density at radius 3 is 2.92 bits per heavy atom. The van der Waals surface area contributed by atoms with E-state index in [0.717, 1.165) is 16.2 Å². The summed E-state index contributed by atoms with van der Waals surface area (Å²) < 4.78 is 0. The van der Waals surface area contributed by atoms with Gasteiger partial charge in [-0.05, 0) is 12.5 Å². The van der Waals surface area contributed by atoms with E-state index in [2.05, 4.69) is 6.58 Å². The van der Waals surface area contributed by atoms with Crippen molar-refractivity contribution in [3.63, 3.8) is 0 Å². The average molecular weight is 198 g/mol. The summed E-state index contributed by atoms with van der Waals surface area (Å²) in [6.07, 6.45) is 2.34. The molecule has 0 amide bonds. The van der Waals surface area contributed by atoms with Crippen molar-refractivity contribution in [2.45, 2.75) is 12.5 Å². The largest absolute Gasteiger partial charge is 0.324 e. The third kappa shape index (κ3) is 2.37. The van der Waals surface area contributed by atoms with Crippen LogP contribution in [0.5, 0.6) is 0 Å². The highest BCUT2D eigenvalue weighted by atomic mass is 32.1. The molecule has 0 aliphatic carbocycles. The van der Waals surface area contributed by atoms with Gasteiger partial charge in [0.1, 0.15) is 0 Å². The van der Waals surface area contributed by atoms with Crippen LogP contribution < -0.4 is 5.73 Å². The Labute approximate surface area is 79.8 Å². The van der Waals surface area contributed by atoms with Gasteiger partial charge in [-0.15, -0.1) is 6.58 Å². The molecule has 0 radical (unpaired) electrons. The maximum Gasteiger partial charge on any atom is 0.324 e. The summed E-state index contributed by atoms with van der Waals surface area (Å²) >= 11 is 1.12. The molecule has 0 aliphatic rings. The molecular formula is C8H10N2O2S. The Hall–Kier alpha value is -1.20. The Balaban J connectivity index is 2.78. The van der Waals surface area contributed by atoms with Gasteiger partial charge in [0.15, 0.2) is 0 Å². The lowest BCUT2D eigenvalue weighted by Gasteiger charge is -2.03. The summed E-state index contributed by atoms with van der Waals surface area (Å²) in [5.41, 5.74) is 5.74. The van der Waals surface area contributed by atoms with E-state index >= 15 is 0 Å². The van der Waals surface area contributed by atoms with Gasteiger partial charge < -0.3 is 5.73 Å². The van der Waals surface area contributed by atoms with Crippen LogP contribution in [-0.4, -0.2) is 4.92 Å². The molecular weight excluding hydrogens is 188 g/mol. The second-order valence-corrected chi connectivity index (χ2v) is 3.66. The Morgan fingerprint density at radius 2 is 2.46 bits per heavy atom. The highest BCUT2D eigenvalue weighted by molar-refractivity contribution is 7.15. The summed E-state index contributed by atoms with van der Waals surface area (Å²) in [6, 6.07) is 3.00. The lowest BCUT2D eigenvalue weighted by atomic mass is 10.2. The second-order valence-electron chi connectivity index (χ2n) is 2.56. The van der Waals surface area contributed by atoms with E-state index in [4.69, 9.17) is 5.73 Å². The summed E-state index contributed by atoms with van der Waals surface area (Å²) in [5.74, 6) is 0. The van der Waals surface area contributed by atoms with Gasteiger partial charge in [-0.3, -0.25) is 10.1 Å². The lowest BCUT2D eigenvalue weighted by molar-refractivity contribution is -0.380. The molecule has 0 spiro atoms. The second kappa shape index (κ2) is 4.15. The molecule has 1 heterocycles. The molecule has 1 aromatic heterocycles. The molecule has 2 N–H and O–H groups in total. The molecule has 0 fully saturated rings. The number of nitrogens with two attached hydrogens (primary N) is 1. The van der Waals surface area contributed by atoms with Crippen LogP contribution >= 0.6 is 11.3 Å². The van der Waals surface area contributed by atoms with Crippen LogP contribution in [0.25, 0.3) is 0 Å². The Morgan fingerprint density at radius 1 is 1.77 bits per heavy atom. The predicted molar refractivity (Wildman–Crippen MR) is 52.7 cm³/mol. The summed E-state index contributed by atoms with van der Waals surface area (Å²) in [6.45, 7) is 3.56. The van der Waals surface area contributed by atoms with Gasteiger partial charge in [0, 0.05) is 17.0 Å². The van der Waals surface area contributed by atoms with Crippen molar-refractivity contribution in [1.29, 1.82) is 0 Å². The monoisotopic (exact) mass is 198 g/mol. The highest BCUT2D eigenvalue weighted by Gasteiger charge is 2.13. The fourth-order valence-corrected chi connectivity index (χ4v) is 1.77. The molecule has 13 heavy (non-hydrogen) atoms. The SMILES string of the molecule is C=CCC(N)c1ccc([N+](=O)[O-])s1. The lowest BCUT2D eigenvalue weighted by Crippen LogP contribution is -2.06. The number of rotatable bonds is 4. The third-order valence-corrected chi connectivity index (χ3v) is 2.75. The molecule has 0 saturated carbocycles. The molecule has 0 aliphatic heterocycles. The molecule has 1 aromatic rings. The predicted octanol–water partition coefficient (Wildman–Crippen LogP) is 2.23. The van der Waals surface area contributed by atoms with Crippen molar-refractivity contribution in [2.24, 2.45) is 5.73 Å². The maximum absolute atomic E-state index is 10.3. The number of nitrogens with zero attached hydrogens (tertiary/aromatic N) is 1. The topological polar surface area (TPSA) is 69.2 Å². The number of hydrogen-bond acceptors (Lipinski definition) is 4. The highest BCUT2D eigenvalue weighted by Crippen LogP contribution is 2.28. The minimum atomic E-state index is -0.408. The van der Waals surface area contributed by atoms with Crippen molar-refractivity contribution >= 4 is 16.3 Å². The van der Waals surface area contributed by atoms with Gasteiger partial charge in [0.2, 0.25) is 0 Å². The Bertz CT molecular complexity index is 322. The van der Waals surface area contributed by atoms with Crippen LogP contribution in [0.3, 0.4) is 0 Å². The minimum absolute atomic E-state index is 0.134. The van der Waals surface area contributed by atoms with Crippen molar-refractivity contribution in [3.8, 4) is 0 Å². The van der Waals surface area contributed by atoms with E-state index in [9.17, 15) is 10.1 Å². The summed E-state index contributed by atoms with van der Waals surface area (Å²) in [5, 5.41) is 10.5. The van der Waals surface area contributed by atoms with Crippen LogP contribution in [0.4, 0.5) is 5.00 Å². The molecule has 70 valence electrons. The first-order chi connectivity index (χ1) is 6.15. The number of nitro groups is 1. The standard InChI is InChI=1S/C8H10N2O2S/c1-2-3-6(9)7-4-5-8(13-7)10(11)12/h2,4-6H,1,3,9H2. The number of thiophene rings is 1. The molecule has 1 atom stereocenters. The van der Waals surface area contributed by atoms with E-state index in [1.54, 1.807) is 12.1 Å². The molecule has 0 aromatic carbocycles. The quantitative estimate of drug-likeness (QED) is 0.458. The molecule has 1 unspecified atom stereocenters. The molecule has 4 nitrogen and oxygen atoms in total. The van der Waals surface area contributed by atoms with Crippen molar-refractivity contribution in [3.05, 3.63) is 39.8 Å². The van der Waals surface area contributed by atoms with E-state index in [1.807, 2.05) is 0 Å². The minimum Gasteiger partial charge on any atom is -0.323 e. The van der Waals surface area contributed by atoms with Crippen LogP contribution in [-0.2, 0) is 0 Å². The zero-order valence-electron chi connectivity index (χ0n) is 6.97. The van der Waals surface area contributed by atoms with Crippen LogP contribution in [0.2, 0.25) is 0 Å². The molecule has 0 bridgehead atoms. The Kier molecular flexibility index (Phi) is 3.16. The van der Waals surface area contributed by atoms with Crippen LogP contribution in [0.1, 0.15) is 17.3 Å². The summed E-state index contributed by atoms with van der Waals surface area (Å²) in [4.78, 5) is 10.8. The van der Waals surface area contributed by atoms with Gasteiger partial charge in [0.05, 0.1) is 4.92 Å². The third-order valence-electron chi connectivity index (χ3n) is 1.58. The van der Waals surface area contributed by atoms with Gasteiger partial charge >= 0.3 is 5.00 Å². The van der Waals surface area contributed by atoms with Gasteiger partial charge in [-0.25, -0.2) is 0 Å². The molecule has 0 saturated heterocycles. The zero-order valence-corrected chi connectivity index (χ0v) is 7.79. The summed E-state index contributed by atoms with van der Waals surface area (Å²) in [7, 11) is 0. The average Bonchev–Trinajstić information content (AvgIpc) is 2.52. The van der Waals surface area contributed by atoms with Crippen LogP contribution in [0.15, 0.2) is 24.8 Å². The molecule has 5 heteroatoms. The zero-order chi connectivity index (χ0) is 9.84. The normalized spacial score (nSPS) is 12.4. The van der Waals surface area contributed by atoms with Crippen LogP contribution in [0, 0.1) is 10.1 Å². The van der Waals surface area contributed by atoms with E-state index in [0.29, 0.717) is 6.42 Å². The van der Waals surface area contributed by atoms with Crippen molar-refractivity contribution in [2.75, 3.05) is 0 Å². The maximum atomic E-state index is 10.3. The first-order valence-corrected chi connectivity index (χ1v) is 4.57. The molecule has 1 rings (SSSR count). The first kappa shape index (κ1) is 9.88. The van der Waals surface area contributed by atoms with E-state index in [1.165, 1.54) is 6.07 Å². The van der Waals surface area contributed by atoms with Gasteiger partial charge in [-0.1, -0.05) is 17.4 Å².